The van der Waals surface area contributed by atoms with Gasteiger partial charge in [-0.2, -0.15) is 4.80 Å². The number of carbonyl (C=O) groups is 1. The van der Waals surface area contributed by atoms with Crippen LogP contribution in [0.2, 0.25) is 5.28 Å². The summed E-state index contributed by atoms with van der Waals surface area (Å²) >= 11 is 5.91. The van der Waals surface area contributed by atoms with E-state index in [1.807, 2.05) is 18.2 Å². The van der Waals surface area contributed by atoms with Gasteiger partial charge in [-0.25, -0.2) is 4.98 Å². The summed E-state index contributed by atoms with van der Waals surface area (Å²) in [7, 11) is 1.60. The number of aromatic amines is 1. The van der Waals surface area contributed by atoms with Crippen molar-refractivity contribution in [2.75, 3.05) is 32.1 Å². The summed E-state index contributed by atoms with van der Waals surface area (Å²) < 4.78 is 4.99. The van der Waals surface area contributed by atoms with E-state index in [1.165, 1.54) is 5.56 Å². The minimum absolute atomic E-state index is 0.0974. The van der Waals surface area contributed by atoms with Crippen LogP contribution in [-0.4, -0.2) is 62.9 Å². The molecule has 11 heteroatoms. The highest BCUT2D eigenvalue weighted by Gasteiger charge is 2.49. The molecular formula is C20H25ClN8O2. The molecule has 3 N–H and O–H groups in total. The number of H-pyrrole nitrogens is 1. The zero-order valence-electron chi connectivity index (χ0n) is 17.3. The molecule has 0 bridgehead atoms. The first-order valence-corrected chi connectivity index (χ1v) is 10.6. The fraction of sp³-hybridized carbons (Fsp3) is 0.450. The second kappa shape index (κ2) is 9.44. The number of imidazole rings is 1. The van der Waals surface area contributed by atoms with Crippen molar-refractivity contribution in [3.05, 3.63) is 52.7 Å². The van der Waals surface area contributed by atoms with E-state index in [1.54, 1.807) is 11.9 Å². The lowest BCUT2D eigenvalue weighted by Gasteiger charge is -2.10. The average Bonchev–Trinajstić information content (AvgIpc) is 3.31. The van der Waals surface area contributed by atoms with Crippen molar-refractivity contribution in [3.63, 3.8) is 0 Å². The molecule has 1 amide bonds. The topological polar surface area (TPSA) is 123 Å². The highest BCUT2D eigenvalue weighted by molar-refractivity contribution is 6.28. The largest absolute Gasteiger partial charge is 0.383 e. The van der Waals surface area contributed by atoms with Crippen LogP contribution in [0.25, 0.3) is 0 Å². The number of hydrogen-bond acceptors (Lipinski definition) is 7. The Morgan fingerprint density at radius 1 is 1.29 bits per heavy atom. The predicted octanol–water partition coefficient (Wildman–Crippen LogP) is 2.01. The number of rotatable bonds is 11. The van der Waals surface area contributed by atoms with E-state index in [2.05, 4.69) is 48.1 Å². The molecule has 0 atom stereocenters. The van der Waals surface area contributed by atoms with Crippen LogP contribution in [-0.2, 0) is 16.7 Å². The minimum Gasteiger partial charge on any atom is -0.383 e. The Balaban J connectivity index is 1.27. The van der Waals surface area contributed by atoms with E-state index in [9.17, 15) is 4.79 Å². The maximum atomic E-state index is 12.5. The van der Waals surface area contributed by atoms with Crippen molar-refractivity contribution < 1.29 is 9.53 Å². The van der Waals surface area contributed by atoms with Crippen molar-refractivity contribution in [1.82, 2.24) is 35.5 Å². The fourth-order valence-corrected chi connectivity index (χ4v) is 3.65. The number of benzene rings is 1. The maximum Gasteiger partial charge on any atom is 0.271 e. The molecule has 0 unspecified atom stereocenters. The Morgan fingerprint density at radius 2 is 2.10 bits per heavy atom. The van der Waals surface area contributed by atoms with Gasteiger partial charge in [0.25, 0.3) is 5.91 Å². The van der Waals surface area contributed by atoms with Gasteiger partial charge in [0.2, 0.25) is 5.28 Å². The molecule has 10 nitrogen and oxygen atoms in total. The lowest BCUT2D eigenvalue weighted by molar-refractivity contribution is 0.0948. The molecule has 1 aliphatic carbocycles. The van der Waals surface area contributed by atoms with Gasteiger partial charge >= 0.3 is 0 Å². The van der Waals surface area contributed by atoms with E-state index in [-0.39, 0.29) is 16.6 Å². The normalized spacial score (nSPS) is 14.4. The molecule has 164 valence electrons. The summed E-state index contributed by atoms with van der Waals surface area (Å²) in [6.07, 6.45) is 2.73. The lowest BCUT2D eigenvalue weighted by Crippen LogP contribution is -2.27. The number of nitrogens with one attached hydrogen (secondary N) is 3. The van der Waals surface area contributed by atoms with Crippen LogP contribution in [0.5, 0.6) is 0 Å². The number of amides is 1. The van der Waals surface area contributed by atoms with Gasteiger partial charge in [-0.3, -0.25) is 4.79 Å². The number of carbonyl (C=O) groups excluding carboxylic acids is 1. The summed E-state index contributed by atoms with van der Waals surface area (Å²) in [6, 6.07) is 10.3. The van der Waals surface area contributed by atoms with Crippen LogP contribution < -0.4 is 10.6 Å². The van der Waals surface area contributed by atoms with Gasteiger partial charge in [0.15, 0.2) is 11.6 Å². The molecule has 0 saturated heterocycles. The van der Waals surface area contributed by atoms with Gasteiger partial charge in [-0.05, 0) is 41.6 Å². The third kappa shape index (κ3) is 4.86. The van der Waals surface area contributed by atoms with Gasteiger partial charge in [-0.1, -0.05) is 30.3 Å². The summed E-state index contributed by atoms with van der Waals surface area (Å²) in [5, 5.41) is 19.1. The molecule has 3 aromatic rings. The van der Waals surface area contributed by atoms with Crippen LogP contribution in [0.1, 0.15) is 41.1 Å². The Labute approximate surface area is 184 Å². The van der Waals surface area contributed by atoms with Crippen LogP contribution >= 0.6 is 11.6 Å². The fourth-order valence-electron chi connectivity index (χ4n) is 3.47. The number of tetrazole rings is 1. The highest BCUT2D eigenvalue weighted by Crippen LogP contribution is 2.51. The zero-order valence-corrected chi connectivity index (χ0v) is 18.0. The number of nitrogens with zero attached hydrogens (tertiary/aromatic N) is 5. The van der Waals surface area contributed by atoms with E-state index >= 15 is 0 Å². The van der Waals surface area contributed by atoms with E-state index in [0.717, 1.165) is 18.7 Å². The first-order valence-electron chi connectivity index (χ1n) is 10.2. The van der Waals surface area contributed by atoms with Crippen molar-refractivity contribution in [2.45, 2.75) is 31.2 Å². The first kappa shape index (κ1) is 21.3. The summed E-state index contributed by atoms with van der Waals surface area (Å²) in [6.45, 7) is 2.02. The summed E-state index contributed by atoms with van der Waals surface area (Å²) in [5.41, 5.74) is 1.43. The second-order valence-corrected chi connectivity index (χ2v) is 7.80. The third-order valence-electron chi connectivity index (χ3n) is 5.28. The van der Waals surface area contributed by atoms with Crippen molar-refractivity contribution in [3.8, 4) is 0 Å². The van der Waals surface area contributed by atoms with E-state index < -0.39 is 0 Å². The van der Waals surface area contributed by atoms with Gasteiger partial charge in [0.05, 0.1) is 18.6 Å². The number of halogens is 1. The molecule has 1 saturated carbocycles. The number of methoxy groups -OCH3 is 1. The zero-order chi connectivity index (χ0) is 21.7. The number of aryl methyl sites for hydroxylation is 1. The van der Waals surface area contributed by atoms with Crippen LogP contribution in [0.4, 0.5) is 5.82 Å². The second-order valence-electron chi connectivity index (χ2n) is 7.44. The minimum atomic E-state index is -0.285. The first-order chi connectivity index (χ1) is 15.1. The predicted molar refractivity (Wildman–Crippen MR) is 115 cm³/mol. The van der Waals surface area contributed by atoms with Gasteiger partial charge < -0.3 is 20.4 Å². The maximum absolute atomic E-state index is 12.5. The average molecular weight is 445 g/mol. The van der Waals surface area contributed by atoms with Crippen molar-refractivity contribution in [2.24, 2.45) is 0 Å². The van der Waals surface area contributed by atoms with E-state index in [0.29, 0.717) is 44.2 Å². The lowest BCUT2D eigenvalue weighted by atomic mass is 9.95. The number of ether oxygens (including phenoxy) is 1. The van der Waals surface area contributed by atoms with Crippen molar-refractivity contribution >= 4 is 23.3 Å². The molecule has 0 aliphatic heterocycles. The molecule has 1 fully saturated rings. The molecule has 4 rings (SSSR count). The molecule has 1 aromatic carbocycles. The van der Waals surface area contributed by atoms with Crippen molar-refractivity contribution in [1.29, 1.82) is 0 Å². The Hall–Kier alpha value is -2.98. The van der Waals surface area contributed by atoms with E-state index in [4.69, 9.17) is 16.3 Å². The Bertz CT molecular complexity index is 1020. The Morgan fingerprint density at radius 3 is 2.84 bits per heavy atom. The monoisotopic (exact) mass is 444 g/mol. The SMILES string of the molecule is COCCNc1nc(Cl)[nH]c1C(=O)NCCCn1nnc(C2(c3ccccc3)CC2)n1. The van der Waals surface area contributed by atoms with Crippen LogP contribution in [0.15, 0.2) is 30.3 Å². The molecular weight excluding hydrogens is 420 g/mol. The number of anilines is 1. The summed E-state index contributed by atoms with van der Waals surface area (Å²) in [5.74, 6) is 0.881. The molecule has 1 aliphatic rings. The highest BCUT2D eigenvalue weighted by atomic mass is 35.5. The number of hydrogen-bond donors (Lipinski definition) is 3. The smallest absolute Gasteiger partial charge is 0.271 e. The quantitative estimate of drug-likeness (QED) is 0.386. The van der Waals surface area contributed by atoms with Gasteiger partial charge in [0, 0.05) is 20.2 Å². The summed E-state index contributed by atoms with van der Waals surface area (Å²) in [4.78, 5) is 20.9. The van der Waals surface area contributed by atoms with Crippen LogP contribution in [0, 0.1) is 0 Å². The molecule has 2 aromatic heterocycles. The van der Waals surface area contributed by atoms with Crippen LogP contribution in [0.3, 0.4) is 0 Å². The molecule has 31 heavy (non-hydrogen) atoms. The standard InChI is InChI=1S/C20H25ClN8O2/c1-31-13-11-22-16-15(24-19(21)25-16)17(30)23-10-5-12-29-27-18(26-28-29)20(8-9-20)14-6-3-2-4-7-14/h2-4,6-7,22H,5,8-13H2,1H3,(H,23,30)(H,24,25). The molecule has 2 heterocycles. The van der Waals surface area contributed by atoms with Gasteiger partial charge in [-0.15, -0.1) is 10.2 Å². The van der Waals surface area contributed by atoms with Gasteiger partial charge in [0.1, 0.15) is 5.69 Å². The molecule has 0 radical (unpaired) electrons. The molecule has 0 spiro atoms. The Kier molecular flexibility index (Phi) is 6.47. The third-order valence-corrected chi connectivity index (χ3v) is 5.46. The number of aromatic nitrogens is 6.